The van der Waals surface area contributed by atoms with Crippen LogP contribution in [0.2, 0.25) is 0 Å². The van der Waals surface area contributed by atoms with Crippen LogP contribution in [0, 0.1) is 5.82 Å². The summed E-state index contributed by atoms with van der Waals surface area (Å²) in [4.78, 5) is 4.24. The van der Waals surface area contributed by atoms with Crippen LogP contribution < -0.4 is 10.5 Å². The first-order valence-electron chi connectivity index (χ1n) is 6.75. The number of hydrogen-bond acceptors (Lipinski definition) is 3. The molecule has 0 saturated heterocycles. The molecule has 3 rings (SSSR count). The van der Waals surface area contributed by atoms with Gasteiger partial charge in [-0.1, -0.05) is 0 Å². The van der Waals surface area contributed by atoms with Gasteiger partial charge in [0.1, 0.15) is 11.6 Å². The van der Waals surface area contributed by atoms with Crippen molar-refractivity contribution < 1.29 is 9.13 Å². The highest BCUT2D eigenvalue weighted by Crippen LogP contribution is 2.25. The lowest BCUT2D eigenvalue weighted by Gasteiger charge is -2.11. The van der Waals surface area contributed by atoms with Crippen molar-refractivity contribution in [3.63, 3.8) is 0 Å². The minimum absolute atomic E-state index is 0.115. The van der Waals surface area contributed by atoms with Crippen molar-refractivity contribution in [2.45, 2.75) is 20.0 Å². The fourth-order valence-corrected chi connectivity index (χ4v) is 2.28. The predicted molar refractivity (Wildman–Crippen MR) is 81.2 cm³/mol. The van der Waals surface area contributed by atoms with Crippen molar-refractivity contribution in [1.29, 1.82) is 0 Å². The molecule has 0 atom stereocenters. The van der Waals surface area contributed by atoms with E-state index in [0.29, 0.717) is 17.0 Å². The number of benzene rings is 2. The van der Waals surface area contributed by atoms with Crippen LogP contribution in [-0.2, 0) is 0 Å². The van der Waals surface area contributed by atoms with Crippen molar-refractivity contribution >= 4 is 17.0 Å². The topological polar surface area (TPSA) is 53.1 Å². The van der Waals surface area contributed by atoms with Crippen LogP contribution in [0.15, 0.2) is 42.5 Å². The molecule has 2 aromatic carbocycles. The van der Waals surface area contributed by atoms with Gasteiger partial charge < -0.3 is 10.5 Å². The largest absolute Gasteiger partial charge is 0.491 e. The summed E-state index contributed by atoms with van der Waals surface area (Å²) in [5.74, 6) is 0.791. The Morgan fingerprint density at radius 2 is 1.86 bits per heavy atom. The predicted octanol–water partition coefficient (Wildman–Crippen LogP) is 3.53. The number of anilines is 1. The average Bonchev–Trinajstić information content (AvgIpc) is 2.74. The number of nitrogen functional groups attached to an aromatic ring is 1. The fourth-order valence-electron chi connectivity index (χ4n) is 2.28. The third-order valence-corrected chi connectivity index (χ3v) is 3.11. The highest BCUT2D eigenvalue weighted by Gasteiger charge is 2.11. The summed E-state index contributed by atoms with van der Waals surface area (Å²) in [6.07, 6.45) is 0.115. The molecule has 1 heterocycles. The van der Waals surface area contributed by atoms with Gasteiger partial charge in [-0.25, -0.2) is 9.37 Å². The molecule has 4 nitrogen and oxygen atoms in total. The first-order valence-corrected chi connectivity index (χ1v) is 6.75. The van der Waals surface area contributed by atoms with E-state index in [2.05, 4.69) is 4.98 Å². The third kappa shape index (κ3) is 2.54. The van der Waals surface area contributed by atoms with Crippen LogP contribution in [0.25, 0.3) is 16.7 Å². The van der Waals surface area contributed by atoms with Gasteiger partial charge in [-0.3, -0.25) is 4.57 Å². The van der Waals surface area contributed by atoms with E-state index >= 15 is 0 Å². The Bertz CT molecular complexity index is 778. The Labute approximate surface area is 122 Å². The number of rotatable bonds is 3. The van der Waals surface area contributed by atoms with Crippen molar-refractivity contribution in [3.8, 4) is 11.4 Å². The Morgan fingerprint density at radius 3 is 2.52 bits per heavy atom. The van der Waals surface area contributed by atoms with Crippen LogP contribution in [0.3, 0.4) is 0 Å². The van der Waals surface area contributed by atoms with Crippen LogP contribution in [0.5, 0.6) is 5.75 Å². The number of nitrogens with zero attached hydrogens (tertiary/aromatic N) is 2. The lowest BCUT2D eigenvalue weighted by molar-refractivity contribution is 0.242. The molecule has 0 amide bonds. The molecule has 5 heteroatoms. The average molecular weight is 285 g/mol. The summed E-state index contributed by atoms with van der Waals surface area (Å²) in [6, 6.07) is 11.9. The monoisotopic (exact) mass is 285 g/mol. The van der Waals surface area contributed by atoms with Crippen LogP contribution in [0.4, 0.5) is 10.3 Å². The summed E-state index contributed by atoms with van der Waals surface area (Å²) in [5, 5.41) is 0. The van der Waals surface area contributed by atoms with Crippen molar-refractivity contribution in [2.75, 3.05) is 5.73 Å². The standard InChI is InChI=1S/C16H16FN3O/c1-10(2)21-13-6-4-12(5-7-13)20-15-9-11(17)3-8-14(15)19-16(20)18/h3-10H,1-2H3,(H2,18,19). The van der Waals surface area contributed by atoms with Crippen molar-refractivity contribution in [3.05, 3.63) is 48.3 Å². The maximum atomic E-state index is 13.4. The summed E-state index contributed by atoms with van der Waals surface area (Å²) in [6.45, 7) is 3.94. The Balaban J connectivity index is 2.07. The summed E-state index contributed by atoms with van der Waals surface area (Å²) in [7, 11) is 0. The maximum Gasteiger partial charge on any atom is 0.205 e. The number of hydrogen-bond donors (Lipinski definition) is 1. The van der Waals surface area contributed by atoms with Gasteiger partial charge in [0, 0.05) is 11.8 Å². The van der Waals surface area contributed by atoms with Gasteiger partial charge in [0.15, 0.2) is 0 Å². The highest BCUT2D eigenvalue weighted by atomic mass is 19.1. The molecule has 0 aliphatic heterocycles. The molecule has 0 aliphatic carbocycles. The second kappa shape index (κ2) is 5.09. The maximum absolute atomic E-state index is 13.4. The Morgan fingerprint density at radius 1 is 1.14 bits per heavy atom. The molecule has 3 aromatic rings. The van der Waals surface area contributed by atoms with E-state index in [1.807, 2.05) is 38.1 Å². The van der Waals surface area contributed by atoms with Crippen LogP contribution in [-0.4, -0.2) is 15.7 Å². The minimum atomic E-state index is -0.316. The minimum Gasteiger partial charge on any atom is -0.491 e. The lowest BCUT2D eigenvalue weighted by Crippen LogP contribution is -2.06. The van der Waals surface area contributed by atoms with E-state index in [9.17, 15) is 4.39 Å². The van der Waals surface area contributed by atoms with Crippen molar-refractivity contribution in [1.82, 2.24) is 9.55 Å². The number of ether oxygens (including phenoxy) is 1. The lowest BCUT2D eigenvalue weighted by atomic mass is 10.2. The van der Waals surface area contributed by atoms with Gasteiger partial charge >= 0.3 is 0 Å². The van der Waals surface area contributed by atoms with Gasteiger partial charge in [-0.2, -0.15) is 0 Å². The van der Waals surface area contributed by atoms with Gasteiger partial charge in [0.25, 0.3) is 0 Å². The molecule has 0 unspecified atom stereocenters. The molecule has 2 N–H and O–H groups in total. The molecule has 21 heavy (non-hydrogen) atoms. The molecule has 0 saturated carbocycles. The molecular weight excluding hydrogens is 269 g/mol. The van der Waals surface area contributed by atoms with E-state index in [0.717, 1.165) is 11.4 Å². The van der Waals surface area contributed by atoms with Gasteiger partial charge in [0.05, 0.1) is 17.1 Å². The number of imidazole rings is 1. The zero-order valence-electron chi connectivity index (χ0n) is 11.9. The number of nitrogens with two attached hydrogens (primary N) is 1. The molecule has 0 aliphatic rings. The van der Waals surface area contributed by atoms with Gasteiger partial charge in [-0.05, 0) is 50.2 Å². The SMILES string of the molecule is CC(C)Oc1ccc(-n2c(N)nc3ccc(F)cc32)cc1. The van der Waals surface area contributed by atoms with Crippen LogP contribution in [0.1, 0.15) is 13.8 Å². The number of aromatic nitrogens is 2. The quantitative estimate of drug-likeness (QED) is 0.801. The smallest absolute Gasteiger partial charge is 0.205 e. The zero-order valence-corrected chi connectivity index (χ0v) is 11.9. The molecule has 1 aromatic heterocycles. The van der Waals surface area contributed by atoms with Gasteiger partial charge in [-0.15, -0.1) is 0 Å². The van der Waals surface area contributed by atoms with E-state index in [4.69, 9.17) is 10.5 Å². The van der Waals surface area contributed by atoms with Crippen molar-refractivity contribution in [2.24, 2.45) is 0 Å². The molecule has 0 spiro atoms. The molecule has 108 valence electrons. The summed E-state index contributed by atoms with van der Waals surface area (Å²) < 4.78 is 20.8. The van der Waals surface area contributed by atoms with E-state index in [1.54, 1.807) is 10.6 Å². The van der Waals surface area contributed by atoms with E-state index < -0.39 is 0 Å². The normalized spacial score (nSPS) is 11.2. The summed E-state index contributed by atoms with van der Waals surface area (Å²) in [5.41, 5.74) is 8.08. The fraction of sp³-hybridized carbons (Fsp3) is 0.188. The Hall–Kier alpha value is -2.56. The molecule has 0 bridgehead atoms. The highest BCUT2D eigenvalue weighted by molar-refractivity contribution is 5.80. The van der Waals surface area contributed by atoms with E-state index in [1.165, 1.54) is 12.1 Å². The first-order chi connectivity index (χ1) is 10.0. The number of halogens is 1. The third-order valence-electron chi connectivity index (χ3n) is 3.11. The molecular formula is C16H16FN3O. The van der Waals surface area contributed by atoms with Crippen LogP contribution >= 0.6 is 0 Å². The number of fused-ring (bicyclic) bond motifs is 1. The first kappa shape index (κ1) is 13.4. The molecule has 0 radical (unpaired) electrons. The summed E-state index contributed by atoms with van der Waals surface area (Å²) >= 11 is 0. The second-order valence-corrected chi connectivity index (χ2v) is 5.10. The Kier molecular flexibility index (Phi) is 3.25. The molecule has 0 fully saturated rings. The van der Waals surface area contributed by atoms with E-state index in [-0.39, 0.29) is 11.9 Å². The zero-order chi connectivity index (χ0) is 15.0. The van der Waals surface area contributed by atoms with Gasteiger partial charge in [0.2, 0.25) is 5.95 Å². The second-order valence-electron chi connectivity index (χ2n) is 5.10.